The van der Waals surface area contributed by atoms with Crippen molar-refractivity contribution in [3.8, 4) is 5.75 Å². The number of hydrogen-bond donors (Lipinski definition) is 2. The molecule has 0 saturated carbocycles. The van der Waals surface area contributed by atoms with E-state index in [4.69, 9.17) is 4.84 Å². The van der Waals surface area contributed by atoms with Crippen molar-refractivity contribution in [3.05, 3.63) is 62.6 Å². The highest BCUT2D eigenvalue weighted by atomic mass is 19.1. The molecule has 9 nitrogen and oxygen atoms in total. The zero-order valence-electron chi connectivity index (χ0n) is 20.1. The van der Waals surface area contributed by atoms with Crippen molar-refractivity contribution in [3.63, 3.8) is 0 Å². The van der Waals surface area contributed by atoms with Gasteiger partial charge < -0.3 is 24.7 Å². The molecule has 0 unspecified atom stereocenters. The molecular weight excluding hydrogens is 474 g/mol. The maximum Gasteiger partial charge on any atom is 0.274 e. The molecule has 3 aliphatic rings. The van der Waals surface area contributed by atoms with Gasteiger partial charge in [0.1, 0.15) is 17.2 Å². The van der Waals surface area contributed by atoms with E-state index in [1.165, 1.54) is 17.7 Å². The fourth-order valence-electron chi connectivity index (χ4n) is 5.45. The van der Waals surface area contributed by atoms with E-state index < -0.39 is 58.4 Å². The average molecular weight is 501 g/mol. The second-order valence-corrected chi connectivity index (χ2v) is 9.89. The Morgan fingerprint density at radius 2 is 1.97 bits per heavy atom. The molecule has 0 aliphatic carbocycles. The van der Waals surface area contributed by atoms with Gasteiger partial charge in [0.2, 0.25) is 5.43 Å². The van der Waals surface area contributed by atoms with Gasteiger partial charge in [0.25, 0.3) is 11.8 Å². The van der Waals surface area contributed by atoms with Crippen molar-refractivity contribution in [2.75, 3.05) is 6.54 Å². The predicted octanol–water partition coefficient (Wildman–Crippen LogP) is 2.78. The quantitative estimate of drug-likeness (QED) is 0.673. The van der Waals surface area contributed by atoms with Crippen LogP contribution in [0.1, 0.15) is 71.1 Å². The molecule has 1 aromatic carbocycles. The maximum absolute atomic E-state index is 14.2. The molecule has 5 rings (SSSR count). The summed E-state index contributed by atoms with van der Waals surface area (Å²) in [5.41, 5.74) is -1.72. The lowest BCUT2D eigenvalue weighted by molar-refractivity contribution is -0.0655. The minimum absolute atomic E-state index is 0.158. The van der Waals surface area contributed by atoms with Gasteiger partial charge in [0.15, 0.2) is 17.0 Å². The molecule has 36 heavy (non-hydrogen) atoms. The first-order valence-corrected chi connectivity index (χ1v) is 11.8. The summed E-state index contributed by atoms with van der Waals surface area (Å²) < 4.78 is 29.9. The molecule has 11 heteroatoms. The van der Waals surface area contributed by atoms with Gasteiger partial charge in [-0.15, -0.1) is 0 Å². The molecule has 2 amide bonds. The number of aromatic hydroxyl groups is 1. The Hall–Kier alpha value is -3.76. The Morgan fingerprint density at radius 1 is 1.28 bits per heavy atom. The van der Waals surface area contributed by atoms with Gasteiger partial charge in [-0.2, -0.15) is 0 Å². The summed E-state index contributed by atoms with van der Waals surface area (Å²) in [5, 5.41) is 17.3. The molecule has 4 heterocycles. The van der Waals surface area contributed by atoms with Crippen molar-refractivity contribution in [2.45, 2.75) is 64.3 Å². The number of halogens is 2. The van der Waals surface area contributed by atoms with Gasteiger partial charge in [0, 0.05) is 37.3 Å². The van der Waals surface area contributed by atoms with E-state index in [1.54, 1.807) is 4.90 Å². The first-order valence-electron chi connectivity index (χ1n) is 11.8. The molecule has 1 spiro atoms. The molecule has 190 valence electrons. The fraction of sp³-hybridized carbons (Fsp3) is 0.440. The first kappa shape index (κ1) is 24.0. The van der Waals surface area contributed by atoms with Crippen LogP contribution in [0.15, 0.2) is 28.3 Å². The molecule has 2 aromatic rings. The fourth-order valence-corrected chi connectivity index (χ4v) is 5.45. The molecule has 1 fully saturated rings. The topological polar surface area (TPSA) is 113 Å². The third kappa shape index (κ3) is 3.64. The number of rotatable bonds is 3. The standard InChI is InChI=1S/C25H26F2N4O5/c1-12-6-17(26)15(18(27)7-12)9-28-23(34)16-10-31-19-11-30(24(35)20(31)22(33)21(16)32)14(3)4-5-25(19)8-13(2)29-36-25/h6-7,10,14,19,33H,4-5,8-9,11H2,1-3H3,(H,28,34)/t14-,19+,25+/m0/s1. The number of nitrogens with zero attached hydrogens (tertiary/aromatic N) is 3. The Kier molecular flexibility index (Phi) is 5.60. The SMILES string of the molecule is CC1=NO[C@]2(CC[C@H](C)N3C[C@H]2n2cc(C(=O)NCc4c(F)cc(C)cc4F)c(=O)c(O)c2C3=O)C1. The number of carbonyl (C=O) groups is 2. The molecule has 0 radical (unpaired) electrons. The van der Waals surface area contributed by atoms with Gasteiger partial charge >= 0.3 is 0 Å². The van der Waals surface area contributed by atoms with Crippen molar-refractivity contribution < 1.29 is 28.3 Å². The van der Waals surface area contributed by atoms with E-state index in [0.717, 1.165) is 17.8 Å². The number of benzene rings is 1. The summed E-state index contributed by atoms with van der Waals surface area (Å²) in [4.78, 5) is 46.7. The van der Waals surface area contributed by atoms with E-state index in [1.807, 2.05) is 13.8 Å². The van der Waals surface area contributed by atoms with Gasteiger partial charge in [-0.05, 0) is 51.3 Å². The van der Waals surface area contributed by atoms with Gasteiger partial charge in [-0.3, -0.25) is 14.4 Å². The lowest BCUT2D eigenvalue weighted by atomic mass is 9.84. The van der Waals surface area contributed by atoms with Crippen LogP contribution in [0.25, 0.3) is 0 Å². The Balaban J connectivity index is 1.55. The number of oxime groups is 1. The summed E-state index contributed by atoms with van der Waals surface area (Å²) in [6.07, 6.45) is 2.92. The van der Waals surface area contributed by atoms with Crippen molar-refractivity contribution in [1.29, 1.82) is 0 Å². The largest absolute Gasteiger partial charge is 0.503 e. The Labute approximate surface area is 205 Å². The molecule has 1 aromatic heterocycles. The molecule has 3 aliphatic heterocycles. The highest BCUT2D eigenvalue weighted by Crippen LogP contribution is 2.46. The van der Waals surface area contributed by atoms with Crippen LogP contribution in [-0.2, 0) is 11.4 Å². The molecule has 2 bridgehead atoms. The van der Waals surface area contributed by atoms with E-state index >= 15 is 0 Å². The van der Waals surface area contributed by atoms with Crippen molar-refractivity contribution >= 4 is 17.5 Å². The lowest BCUT2D eigenvalue weighted by Crippen LogP contribution is -2.52. The second-order valence-electron chi connectivity index (χ2n) is 9.89. The van der Waals surface area contributed by atoms with E-state index in [-0.39, 0.29) is 23.8 Å². The summed E-state index contributed by atoms with van der Waals surface area (Å²) in [7, 11) is 0. The van der Waals surface area contributed by atoms with Crippen LogP contribution in [0.4, 0.5) is 8.78 Å². The number of carbonyl (C=O) groups excluding carboxylic acids is 2. The van der Waals surface area contributed by atoms with E-state index in [0.29, 0.717) is 24.8 Å². The van der Waals surface area contributed by atoms with Crippen LogP contribution in [0.5, 0.6) is 5.75 Å². The second kappa shape index (κ2) is 8.42. The molecule has 3 atom stereocenters. The van der Waals surface area contributed by atoms with Crippen LogP contribution >= 0.6 is 0 Å². The van der Waals surface area contributed by atoms with Crippen molar-refractivity contribution in [2.24, 2.45) is 5.16 Å². The third-order valence-electron chi connectivity index (χ3n) is 7.40. The number of pyridine rings is 1. The molecule has 2 N–H and O–H groups in total. The van der Waals surface area contributed by atoms with Crippen LogP contribution in [-0.4, -0.2) is 50.3 Å². The zero-order chi connectivity index (χ0) is 25.9. The van der Waals surface area contributed by atoms with Crippen LogP contribution < -0.4 is 10.7 Å². The minimum atomic E-state index is -1.04. The number of hydrogen-bond acceptors (Lipinski definition) is 6. The normalized spacial score (nSPS) is 24.8. The van der Waals surface area contributed by atoms with Crippen LogP contribution in [0.2, 0.25) is 0 Å². The van der Waals surface area contributed by atoms with Crippen molar-refractivity contribution in [1.82, 2.24) is 14.8 Å². The maximum atomic E-state index is 14.2. The van der Waals surface area contributed by atoms with Gasteiger partial charge in [-0.1, -0.05) is 5.16 Å². The highest BCUT2D eigenvalue weighted by molar-refractivity contribution is 5.99. The van der Waals surface area contributed by atoms with Gasteiger partial charge in [0.05, 0.1) is 11.8 Å². The zero-order valence-corrected chi connectivity index (χ0v) is 20.1. The summed E-state index contributed by atoms with van der Waals surface area (Å²) >= 11 is 0. The van der Waals surface area contributed by atoms with Gasteiger partial charge in [-0.25, -0.2) is 8.78 Å². The van der Waals surface area contributed by atoms with Crippen LogP contribution in [0, 0.1) is 18.6 Å². The first-order chi connectivity index (χ1) is 17.0. The number of amides is 2. The van der Waals surface area contributed by atoms with E-state index in [2.05, 4.69) is 10.5 Å². The minimum Gasteiger partial charge on any atom is -0.503 e. The molecule has 1 saturated heterocycles. The monoisotopic (exact) mass is 500 g/mol. The highest BCUT2D eigenvalue weighted by Gasteiger charge is 2.53. The number of aryl methyl sites for hydroxylation is 1. The van der Waals surface area contributed by atoms with Crippen LogP contribution in [0.3, 0.4) is 0 Å². The molecular formula is C25H26F2N4O5. The summed E-state index contributed by atoms with van der Waals surface area (Å²) in [6.45, 7) is 5.01. The smallest absolute Gasteiger partial charge is 0.274 e. The number of nitrogens with one attached hydrogen (secondary N) is 1. The summed E-state index contributed by atoms with van der Waals surface area (Å²) in [6, 6.07) is 1.59. The third-order valence-corrected chi connectivity index (χ3v) is 7.40. The Bertz CT molecular complexity index is 1360. The number of aromatic nitrogens is 1. The average Bonchev–Trinajstić information content (AvgIpc) is 3.14. The summed E-state index contributed by atoms with van der Waals surface area (Å²) in [5.74, 6) is -3.96. The Morgan fingerprint density at radius 3 is 2.61 bits per heavy atom. The lowest BCUT2D eigenvalue weighted by Gasteiger charge is -2.41. The van der Waals surface area contributed by atoms with E-state index in [9.17, 15) is 28.3 Å². The number of fused-ring (bicyclic) bond motifs is 5. The predicted molar refractivity (Wildman–Crippen MR) is 125 cm³/mol.